The number of fused-ring (bicyclic) bond motifs is 1. The molecule has 0 saturated carbocycles. The Morgan fingerprint density at radius 2 is 2.11 bits per heavy atom. The molecule has 0 amide bonds. The fourth-order valence-electron chi connectivity index (χ4n) is 1.89. The van der Waals surface area contributed by atoms with Crippen molar-refractivity contribution in [2.24, 2.45) is 0 Å². The van der Waals surface area contributed by atoms with Crippen LogP contribution in [-0.4, -0.2) is 16.2 Å². The van der Waals surface area contributed by atoms with Gasteiger partial charge in [0.05, 0.1) is 0 Å². The first-order valence-corrected chi connectivity index (χ1v) is 5.35. The van der Waals surface area contributed by atoms with Crippen molar-refractivity contribution in [3.63, 3.8) is 0 Å². The summed E-state index contributed by atoms with van der Waals surface area (Å²) in [6.45, 7) is 1.56. The van der Waals surface area contributed by atoms with E-state index in [4.69, 9.17) is 14.0 Å². The molecule has 1 N–H and O–H groups in total. The zero-order valence-electron chi connectivity index (χ0n) is 9.51. The van der Waals surface area contributed by atoms with Gasteiger partial charge in [0.25, 0.3) is 0 Å². The highest BCUT2D eigenvalue weighted by Crippen LogP contribution is 2.30. The maximum Gasteiger partial charge on any atom is 0.341 e. The first-order chi connectivity index (χ1) is 8.66. The average molecular weight is 243 g/mol. The van der Waals surface area contributed by atoms with Gasteiger partial charge in [0.15, 0.2) is 11.5 Å². The van der Waals surface area contributed by atoms with E-state index >= 15 is 0 Å². The van der Waals surface area contributed by atoms with Crippen LogP contribution in [0.1, 0.15) is 16.1 Å². The van der Waals surface area contributed by atoms with E-state index < -0.39 is 5.97 Å². The van der Waals surface area contributed by atoms with Crippen molar-refractivity contribution >= 4 is 16.9 Å². The van der Waals surface area contributed by atoms with E-state index in [0.717, 1.165) is 5.39 Å². The lowest BCUT2D eigenvalue weighted by atomic mass is 10.1. The maximum atomic E-state index is 11.2. The molecule has 0 aliphatic rings. The zero-order valence-corrected chi connectivity index (χ0v) is 9.51. The van der Waals surface area contributed by atoms with Gasteiger partial charge < -0.3 is 14.0 Å². The summed E-state index contributed by atoms with van der Waals surface area (Å²) in [6, 6.07) is 9.18. The van der Waals surface area contributed by atoms with Gasteiger partial charge in [-0.25, -0.2) is 4.79 Å². The Kier molecular flexibility index (Phi) is 2.19. The minimum Gasteiger partial charge on any atom is -0.477 e. The minimum absolute atomic E-state index is 0.0362. The number of benzene rings is 1. The summed E-state index contributed by atoms with van der Waals surface area (Å²) >= 11 is 0. The Morgan fingerprint density at radius 3 is 2.83 bits per heavy atom. The van der Waals surface area contributed by atoms with E-state index in [1.54, 1.807) is 13.0 Å². The lowest BCUT2D eigenvalue weighted by Crippen LogP contribution is -1.98. The predicted molar refractivity (Wildman–Crippen MR) is 63.4 cm³/mol. The van der Waals surface area contributed by atoms with Crippen LogP contribution in [0, 0.1) is 6.92 Å². The number of rotatable bonds is 2. The fraction of sp³-hybridized carbons (Fsp3) is 0.0769. The minimum atomic E-state index is -1.08. The Morgan fingerprint density at radius 1 is 1.33 bits per heavy atom. The fourth-order valence-corrected chi connectivity index (χ4v) is 1.89. The normalized spacial score (nSPS) is 10.9. The standard InChI is InChI=1S/C13H9NO4/c1-7-11(13(15)16)12(14-18-7)10-6-8-4-2-3-5-9(8)17-10/h2-6H,1H3,(H,15,16). The molecule has 2 heterocycles. The number of nitrogens with zero attached hydrogens (tertiary/aromatic N) is 1. The van der Waals surface area contributed by atoms with Gasteiger partial charge in [-0.1, -0.05) is 23.4 Å². The molecule has 3 aromatic rings. The van der Waals surface area contributed by atoms with E-state index in [2.05, 4.69) is 5.16 Å². The van der Waals surface area contributed by atoms with Crippen LogP contribution in [0.25, 0.3) is 22.4 Å². The number of aryl methyl sites for hydroxylation is 1. The third-order valence-corrected chi connectivity index (χ3v) is 2.74. The molecule has 18 heavy (non-hydrogen) atoms. The van der Waals surface area contributed by atoms with Crippen molar-refractivity contribution in [3.8, 4) is 11.5 Å². The molecule has 90 valence electrons. The molecular weight excluding hydrogens is 234 g/mol. The molecular formula is C13H9NO4. The van der Waals surface area contributed by atoms with Crippen LogP contribution in [0.15, 0.2) is 39.3 Å². The van der Waals surface area contributed by atoms with E-state index in [1.165, 1.54) is 0 Å². The van der Waals surface area contributed by atoms with Crippen LogP contribution in [0.5, 0.6) is 0 Å². The molecule has 2 aromatic heterocycles. The number of carboxylic acids is 1. The number of hydrogen-bond acceptors (Lipinski definition) is 4. The third kappa shape index (κ3) is 1.48. The van der Waals surface area contributed by atoms with Crippen LogP contribution in [-0.2, 0) is 0 Å². The van der Waals surface area contributed by atoms with Crippen LogP contribution >= 0.6 is 0 Å². The van der Waals surface area contributed by atoms with Crippen LogP contribution in [0.2, 0.25) is 0 Å². The maximum absolute atomic E-state index is 11.2. The van der Waals surface area contributed by atoms with Crippen LogP contribution in [0.3, 0.4) is 0 Å². The van der Waals surface area contributed by atoms with Crippen molar-refractivity contribution in [3.05, 3.63) is 41.7 Å². The number of carboxylic acid groups (broad SMARTS) is 1. The Balaban J connectivity index is 2.23. The lowest BCUT2D eigenvalue weighted by Gasteiger charge is -1.92. The topological polar surface area (TPSA) is 76.5 Å². The molecule has 5 heteroatoms. The number of para-hydroxylation sites is 1. The van der Waals surface area contributed by atoms with Crippen molar-refractivity contribution in [2.45, 2.75) is 6.92 Å². The Bertz CT molecular complexity index is 705. The van der Waals surface area contributed by atoms with Gasteiger partial charge in [0.2, 0.25) is 0 Å². The van der Waals surface area contributed by atoms with Crippen molar-refractivity contribution in [2.75, 3.05) is 0 Å². The summed E-state index contributed by atoms with van der Waals surface area (Å²) in [5.74, 6) is -0.424. The molecule has 0 aliphatic carbocycles. The van der Waals surface area contributed by atoms with E-state index in [0.29, 0.717) is 11.3 Å². The van der Waals surface area contributed by atoms with Crippen molar-refractivity contribution in [1.82, 2.24) is 5.16 Å². The largest absolute Gasteiger partial charge is 0.477 e. The van der Waals surface area contributed by atoms with Gasteiger partial charge >= 0.3 is 5.97 Å². The molecule has 0 bridgehead atoms. The molecule has 0 fully saturated rings. The van der Waals surface area contributed by atoms with E-state index in [9.17, 15) is 4.79 Å². The van der Waals surface area contributed by atoms with Gasteiger partial charge in [-0.05, 0) is 19.1 Å². The highest BCUT2D eigenvalue weighted by molar-refractivity contribution is 5.96. The molecule has 1 aromatic carbocycles. The van der Waals surface area contributed by atoms with Crippen LogP contribution in [0.4, 0.5) is 0 Å². The summed E-state index contributed by atoms with van der Waals surface area (Å²) in [7, 11) is 0. The van der Waals surface area contributed by atoms with Gasteiger partial charge in [-0.2, -0.15) is 0 Å². The number of aromatic carboxylic acids is 1. The lowest BCUT2D eigenvalue weighted by molar-refractivity contribution is 0.0695. The monoisotopic (exact) mass is 243 g/mol. The molecule has 0 aliphatic heterocycles. The Hall–Kier alpha value is -2.56. The van der Waals surface area contributed by atoms with E-state index in [1.807, 2.05) is 24.3 Å². The number of aromatic nitrogens is 1. The van der Waals surface area contributed by atoms with E-state index in [-0.39, 0.29) is 17.0 Å². The first-order valence-electron chi connectivity index (χ1n) is 5.35. The van der Waals surface area contributed by atoms with Gasteiger partial charge in [0.1, 0.15) is 16.9 Å². The quantitative estimate of drug-likeness (QED) is 0.748. The SMILES string of the molecule is Cc1onc(-c2cc3ccccc3o2)c1C(=O)O. The molecule has 0 saturated heterocycles. The molecule has 0 radical (unpaired) electrons. The molecule has 0 atom stereocenters. The van der Waals surface area contributed by atoms with Crippen molar-refractivity contribution < 1.29 is 18.8 Å². The third-order valence-electron chi connectivity index (χ3n) is 2.74. The van der Waals surface area contributed by atoms with Crippen LogP contribution < -0.4 is 0 Å². The second-order valence-electron chi connectivity index (χ2n) is 3.92. The highest BCUT2D eigenvalue weighted by atomic mass is 16.5. The number of furan rings is 1. The second kappa shape index (κ2) is 3.73. The molecule has 3 rings (SSSR count). The van der Waals surface area contributed by atoms with Gasteiger partial charge in [-0.3, -0.25) is 0 Å². The summed E-state index contributed by atoms with van der Waals surface area (Å²) in [4.78, 5) is 11.2. The molecule has 0 spiro atoms. The summed E-state index contributed by atoms with van der Waals surface area (Å²) in [6.07, 6.45) is 0. The average Bonchev–Trinajstić information content (AvgIpc) is 2.91. The predicted octanol–water partition coefficient (Wildman–Crippen LogP) is 3.09. The Labute approximate surface area is 102 Å². The van der Waals surface area contributed by atoms with Gasteiger partial charge in [-0.15, -0.1) is 0 Å². The number of carbonyl (C=O) groups is 1. The smallest absolute Gasteiger partial charge is 0.341 e. The second-order valence-corrected chi connectivity index (χ2v) is 3.92. The molecule has 5 nitrogen and oxygen atoms in total. The summed E-state index contributed by atoms with van der Waals surface area (Å²) < 4.78 is 10.5. The first kappa shape index (κ1) is 10.6. The number of hydrogen-bond donors (Lipinski definition) is 1. The van der Waals surface area contributed by atoms with Crippen molar-refractivity contribution in [1.29, 1.82) is 0 Å². The zero-order chi connectivity index (χ0) is 12.7. The van der Waals surface area contributed by atoms with Gasteiger partial charge in [0, 0.05) is 5.39 Å². The molecule has 0 unspecified atom stereocenters. The highest BCUT2D eigenvalue weighted by Gasteiger charge is 2.23. The summed E-state index contributed by atoms with van der Waals surface area (Å²) in [5, 5.41) is 13.8. The summed E-state index contributed by atoms with van der Waals surface area (Å²) in [5.41, 5.74) is 0.940.